The number of ether oxygens (including phenoxy) is 3. The zero-order valence-electron chi connectivity index (χ0n) is 13.4. The maximum atomic E-state index is 10.9. The number of carbonyl (C=O) groups is 1. The van der Waals surface area contributed by atoms with Gasteiger partial charge in [0.25, 0.3) is 0 Å². The minimum absolute atomic E-state index is 0.440. The molecule has 0 bridgehead atoms. The summed E-state index contributed by atoms with van der Waals surface area (Å²) in [5, 5.41) is 0. The van der Waals surface area contributed by atoms with Crippen LogP contribution in [0.2, 0.25) is 0 Å². The molecule has 124 valence electrons. The van der Waals surface area contributed by atoms with Gasteiger partial charge in [0, 0.05) is 12.2 Å². The molecule has 0 saturated heterocycles. The van der Waals surface area contributed by atoms with Crippen molar-refractivity contribution in [2.45, 2.75) is 32.6 Å². The average Bonchev–Trinajstić information content (AvgIpc) is 2.53. The minimum Gasteiger partial charge on any atom is -0.491 e. The molecule has 1 rings (SSSR count). The molecule has 0 unspecified atom stereocenters. The van der Waals surface area contributed by atoms with Gasteiger partial charge in [-0.25, -0.2) is 0 Å². The normalized spacial score (nSPS) is 10.6. The highest BCUT2D eigenvalue weighted by molar-refractivity contribution is 5.92. The molecular formula is C17H27NO4. The Balaban J connectivity index is 1.94. The lowest BCUT2D eigenvalue weighted by molar-refractivity contribution is 0.0352. The SMILES string of the molecule is CCCCCCOCCOCCOc1ccc(C(N)=O)cc1. The zero-order valence-corrected chi connectivity index (χ0v) is 13.4. The van der Waals surface area contributed by atoms with Crippen LogP contribution in [0.4, 0.5) is 0 Å². The molecule has 1 aromatic carbocycles. The molecule has 2 N–H and O–H groups in total. The topological polar surface area (TPSA) is 70.8 Å². The van der Waals surface area contributed by atoms with Crippen LogP contribution in [0.3, 0.4) is 0 Å². The van der Waals surface area contributed by atoms with Gasteiger partial charge in [0.15, 0.2) is 0 Å². The molecule has 0 heterocycles. The van der Waals surface area contributed by atoms with Crippen LogP contribution in [-0.2, 0) is 9.47 Å². The Hall–Kier alpha value is -1.59. The van der Waals surface area contributed by atoms with E-state index in [0.29, 0.717) is 37.7 Å². The van der Waals surface area contributed by atoms with E-state index in [0.717, 1.165) is 13.0 Å². The molecule has 0 fully saturated rings. The van der Waals surface area contributed by atoms with Crippen molar-refractivity contribution in [2.24, 2.45) is 5.73 Å². The summed E-state index contributed by atoms with van der Waals surface area (Å²) in [6.45, 7) is 5.19. The molecule has 1 amide bonds. The van der Waals surface area contributed by atoms with Crippen molar-refractivity contribution in [2.75, 3.05) is 33.0 Å². The van der Waals surface area contributed by atoms with Gasteiger partial charge >= 0.3 is 0 Å². The Morgan fingerprint density at radius 1 is 0.909 bits per heavy atom. The molecule has 0 radical (unpaired) electrons. The molecule has 0 aliphatic carbocycles. The van der Waals surface area contributed by atoms with E-state index in [2.05, 4.69) is 6.92 Å². The van der Waals surface area contributed by atoms with Gasteiger partial charge in [-0.1, -0.05) is 26.2 Å². The summed E-state index contributed by atoms with van der Waals surface area (Å²) in [5.41, 5.74) is 5.64. The van der Waals surface area contributed by atoms with Gasteiger partial charge in [-0.3, -0.25) is 4.79 Å². The smallest absolute Gasteiger partial charge is 0.248 e. The third-order valence-electron chi connectivity index (χ3n) is 3.15. The van der Waals surface area contributed by atoms with Gasteiger partial charge in [0.1, 0.15) is 12.4 Å². The van der Waals surface area contributed by atoms with Crippen LogP contribution < -0.4 is 10.5 Å². The fraction of sp³-hybridized carbons (Fsp3) is 0.588. The number of amides is 1. The lowest BCUT2D eigenvalue weighted by atomic mass is 10.2. The number of carbonyl (C=O) groups excluding carboxylic acids is 1. The number of rotatable bonds is 13. The summed E-state index contributed by atoms with van der Waals surface area (Å²) in [6.07, 6.45) is 4.88. The monoisotopic (exact) mass is 309 g/mol. The Bertz CT molecular complexity index is 406. The first-order chi connectivity index (χ1) is 10.7. The summed E-state index contributed by atoms with van der Waals surface area (Å²) in [7, 11) is 0. The first kappa shape index (κ1) is 18.5. The molecule has 0 aromatic heterocycles. The van der Waals surface area contributed by atoms with Crippen LogP contribution in [-0.4, -0.2) is 38.9 Å². The molecule has 22 heavy (non-hydrogen) atoms. The van der Waals surface area contributed by atoms with Gasteiger partial charge in [-0.2, -0.15) is 0 Å². The maximum absolute atomic E-state index is 10.9. The molecule has 0 spiro atoms. The lowest BCUT2D eigenvalue weighted by Crippen LogP contribution is -2.12. The first-order valence-electron chi connectivity index (χ1n) is 7.92. The first-order valence-corrected chi connectivity index (χ1v) is 7.92. The van der Waals surface area contributed by atoms with Crippen LogP contribution in [0.5, 0.6) is 5.75 Å². The van der Waals surface area contributed by atoms with Crippen molar-refractivity contribution in [3.05, 3.63) is 29.8 Å². The predicted molar refractivity (Wildman–Crippen MR) is 86.2 cm³/mol. The van der Waals surface area contributed by atoms with Crippen molar-refractivity contribution in [3.63, 3.8) is 0 Å². The fourth-order valence-electron chi connectivity index (χ4n) is 1.89. The van der Waals surface area contributed by atoms with E-state index in [4.69, 9.17) is 19.9 Å². The van der Waals surface area contributed by atoms with E-state index in [1.165, 1.54) is 19.3 Å². The van der Waals surface area contributed by atoms with Crippen LogP contribution in [0, 0.1) is 0 Å². The van der Waals surface area contributed by atoms with Crippen molar-refractivity contribution >= 4 is 5.91 Å². The Labute approximate surface area is 132 Å². The number of hydrogen-bond donors (Lipinski definition) is 1. The van der Waals surface area contributed by atoms with Crippen LogP contribution >= 0.6 is 0 Å². The molecule has 1 aromatic rings. The van der Waals surface area contributed by atoms with Crippen LogP contribution in [0.1, 0.15) is 43.0 Å². The number of benzene rings is 1. The van der Waals surface area contributed by atoms with E-state index in [-0.39, 0.29) is 0 Å². The number of primary amides is 1. The van der Waals surface area contributed by atoms with Crippen molar-refractivity contribution in [1.29, 1.82) is 0 Å². The molecule has 0 aliphatic rings. The third-order valence-corrected chi connectivity index (χ3v) is 3.15. The molecule has 0 atom stereocenters. The molecule has 5 heteroatoms. The highest BCUT2D eigenvalue weighted by Gasteiger charge is 2.00. The summed E-state index contributed by atoms with van der Waals surface area (Å²) in [5.74, 6) is 0.255. The lowest BCUT2D eigenvalue weighted by Gasteiger charge is -2.08. The van der Waals surface area contributed by atoms with Gasteiger partial charge in [-0.15, -0.1) is 0 Å². The molecule has 0 aliphatic heterocycles. The largest absolute Gasteiger partial charge is 0.491 e. The second-order valence-corrected chi connectivity index (χ2v) is 5.02. The van der Waals surface area contributed by atoms with Gasteiger partial charge in [0.05, 0.1) is 19.8 Å². The minimum atomic E-state index is -0.440. The van der Waals surface area contributed by atoms with Crippen molar-refractivity contribution in [3.8, 4) is 5.75 Å². The van der Waals surface area contributed by atoms with Crippen LogP contribution in [0.25, 0.3) is 0 Å². The maximum Gasteiger partial charge on any atom is 0.248 e. The van der Waals surface area contributed by atoms with E-state index in [9.17, 15) is 4.79 Å². The molecule has 5 nitrogen and oxygen atoms in total. The standard InChI is InChI=1S/C17H27NO4/c1-2-3-4-5-10-20-11-12-21-13-14-22-16-8-6-15(7-9-16)17(18)19/h6-9H,2-5,10-14H2,1H3,(H2,18,19). The molecular weight excluding hydrogens is 282 g/mol. The Morgan fingerprint density at radius 2 is 1.55 bits per heavy atom. The average molecular weight is 309 g/mol. The second-order valence-electron chi connectivity index (χ2n) is 5.02. The summed E-state index contributed by atoms with van der Waals surface area (Å²) < 4.78 is 16.4. The Kier molecular flexibility index (Phi) is 10.1. The van der Waals surface area contributed by atoms with Gasteiger partial charge in [0.2, 0.25) is 5.91 Å². The predicted octanol–water partition coefficient (Wildman–Crippen LogP) is 2.78. The fourth-order valence-corrected chi connectivity index (χ4v) is 1.89. The van der Waals surface area contributed by atoms with Crippen LogP contribution in [0.15, 0.2) is 24.3 Å². The summed E-state index contributed by atoms with van der Waals surface area (Å²) >= 11 is 0. The van der Waals surface area contributed by atoms with Gasteiger partial charge in [-0.05, 0) is 30.7 Å². The highest BCUT2D eigenvalue weighted by Crippen LogP contribution is 2.11. The number of nitrogens with two attached hydrogens (primary N) is 1. The van der Waals surface area contributed by atoms with E-state index in [1.807, 2.05) is 0 Å². The van der Waals surface area contributed by atoms with Crippen molar-refractivity contribution < 1.29 is 19.0 Å². The Morgan fingerprint density at radius 3 is 2.18 bits per heavy atom. The molecule has 0 saturated carbocycles. The van der Waals surface area contributed by atoms with Crippen molar-refractivity contribution in [1.82, 2.24) is 0 Å². The number of unbranched alkanes of at least 4 members (excludes halogenated alkanes) is 3. The summed E-state index contributed by atoms with van der Waals surface area (Å²) in [6, 6.07) is 6.73. The third kappa shape index (κ3) is 8.64. The van der Waals surface area contributed by atoms with E-state index in [1.54, 1.807) is 24.3 Å². The van der Waals surface area contributed by atoms with E-state index < -0.39 is 5.91 Å². The summed E-state index contributed by atoms with van der Waals surface area (Å²) in [4.78, 5) is 10.9. The van der Waals surface area contributed by atoms with E-state index >= 15 is 0 Å². The van der Waals surface area contributed by atoms with Gasteiger partial charge < -0.3 is 19.9 Å². The second kappa shape index (κ2) is 12.0. The zero-order chi connectivity index (χ0) is 16.0. The number of hydrogen-bond acceptors (Lipinski definition) is 4. The highest BCUT2D eigenvalue weighted by atomic mass is 16.5. The quantitative estimate of drug-likeness (QED) is 0.569.